The molecule has 3 fully saturated rings. The van der Waals surface area contributed by atoms with Crippen molar-refractivity contribution in [1.82, 2.24) is 64.1 Å². The summed E-state index contributed by atoms with van der Waals surface area (Å²) in [6.07, 6.45) is 6.80. The van der Waals surface area contributed by atoms with Crippen LogP contribution in [0.5, 0.6) is 0 Å². The van der Waals surface area contributed by atoms with Gasteiger partial charge < -0.3 is 19.5 Å². The third-order valence-electron chi connectivity index (χ3n) is 14.6. The second-order valence-corrected chi connectivity index (χ2v) is 17.9. The summed E-state index contributed by atoms with van der Waals surface area (Å²) in [5.41, 5.74) is 4.83. The molecule has 16 nitrogen and oxygen atoms in total. The molecule has 3 aromatic carbocycles. The second-order valence-electron chi connectivity index (χ2n) is 17.9. The van der Waals surface area contributed by atoms with Crippen LogP contribution in [-0.2, 0) is 23.7 Å². The summed E-state index contributed by atoms with van der Waals surface area (Å²) < 4.78 is 45.1. The van der Waals surface area contributed by atoms with Crippen LogP contribution in [0, 0.1) is 37.3 Å². The Hall–Kier alpha value is -6.79. The fraction of sp³-hybridized carbons (Fsp3) is 0.370. The van der Waals surface area contributed by atoms with Crippen LogP contribution in [-0.4, -0.2) is 97.5 Å². The molecule has 0 radical (unpaired) electrons. The summed E-state index contributed by atoms with van der Waals surface area (Å²) in [6, 6.07) is 14.7. The first-order chi connectivity index (χ1) is 31.1. The number of carbonyl (C=O) groups is 1. The van der Waals surface area contributed by atoms with E-state index in [1.807, 2.05) is 17.9 Å². The molecule has 5 aromatic heterocycles. The number of tetrazole rings is 1. The van der Waals surface area contributed by atoms with E-state index in [-0.39, 0.29) is 34.6 Å². The van der Waals surface area contributed by atoms with Gasteiger partial charge in [-0.15, -0.1) is 5.10 Å². The number of halogens is 2. The molecule has 8 aromatic rings. The van der Waals surface area contributed by atoms with Crippen LogP contribution in [0.3, 0.4) is 0 Å². The third-order valence-corrected chi connectivity index (χ3v) is 14.6. The van der Waals surface area contributed by atoms with Gasteiger partial charge in [0.1, 0.15) is 22.9 Å². The molecule has 1 saturated carbocycles. The number of amides is 1. The largest absolute Gasteiger partial charge is 0.381 e. The standard InChI is InChI=1S/C46H45F2N13O3/c1-24-17-30(18-25(2)40(24)47)61-42(59-14-13-58(45(59)63)37-8-7-36-31(41(37)48)21-50-56(36)4)39-26(3)57(12-9-34(39)53-61)43(62)38-20-29-19-28(27-10-15-64-16-11-27)5-6-35(29)60(38)46(44-51-54-55-52-44)32-22-49-23-33(32)46/h5-8,13-14,17-21,26-27,32-33,49H,9-12,15-16,22-23H2,1-4H3,(H,51,52,54,55)/t26-,32-,33+,46?/m0/s1. The van der Waals surface area contributed by atoms with Crippen molar-refractivity contribution < 1.29 is 18.3 Å². The average molecular weight is 866 g/mol. The van der Waals surface area contributed by atoms with Crippen molar-refractivity contribution in [2.75, 3.05) is 32.8 Å². The summed E-state index contributed by atoms with van der Waals surface area (Å²) in [7, 11) is 1.73. The van der Waals surface area contributed by atoms with Crippen molar-refractivity contribution in [3.05, 3.63) is 129 Å². The van der Waals surface area contributed by atoms with Gasteiger partial charge in [-0.05, 0) is 109 Å². The molecular formula is C46H45F2N13O3. The number of aromatic nitrogens is 11. The van der Waals surface area contributed by atoms with E-state index in [1.54, 1.807) is 60.7 Å². The van der Waals surface area contributed by atoms with Crippen LogP contribution < -0.4 is 11.0 Å². The zero-order valence-corrected chi connectivity index (χ0v) is 35.7. The number of hydrogen-bond acceptors (Lipinski definition) is 9. The normalized spacial score (nSPS) is 22.2. The van der Waals surface area contributed by atoms with E-state index in [0.29, 0.717) is 83.0 Å². The molecule has 4 aliphatic rings. The van der Waals surface area contributed by atoms with Crippen molar-refractivity contribution in [1.29, 1.82) is 0 Å². The lowest BCUT2D eigenvalue weighted by atomic mass is 9.91. The number of H-pyrrole nitrogens is 1. The number of rotatable bonds is 7. The lowest BCUT2D eigenvalue weighted by Crippen LogP contribution is -2.42. The van der Waals surface area contributed by atoms with E-state index >= 15 is 13.6 Å². The Morgan fingerprint density at radius 3 is 2.44 bits per heavy atom. The summed E-state index contributed by atoms with van der Waals surface area (Å²) in [5.74, 6) is 0.557. The van der Waals surface area contributed by atoms with Crippen molar-refractivity contribution in [3.8, 4) is 17.2 Å². The zero-order valence-electron chi connectivity index (χ0n) is 35.7. The van der Waals surface area contributed by atoms with Crippen molar-refractivity contribution in [2.45, 2.75) is 57.5 Å². The Labute approximate surface area is 364 Å². The Bertz CT molecular complexity index is 3230. The van der Waals surface area contributed by atoms with E-state index in [0.717, 1.165) is 36.8 Å². The maximum atomic E-state index is 16.1. The summed E-state index contributed by atoms with van der Waals surface area (Å²) in [6.45, 7) is 8.61. The summed E-state index contributed by atoms with van der Waals surface area (Å²) in [4.78, 5) is 32.2. The van der Waals surface area contributed by atoms with Gasteiger partial charge in [0.2, 0.25) is 0 Å². The quantitative estimate of drug-likeness (QED) is 0.216. The maximum Gasteiger partial charge on any atom is 0.338 e. The predicted molar refractivity (Wildman–Crippen MR) is 231 cm³/mol. The molecule has 1 unspecified atom stereocenters. The first kappa shape index (κ1) is 38.9. The van der Waals surface area contributed by atoms with E-state index in [1.165, 1.54) is 27.1 Å². The SMILES string of the molecule is Cc1cc(-n2nc3c(c2-n2ccn(-c4ccc5c(cnn5C)c4F)c2=O)[C@H](C)N(C(=O)c2cc4cc(C5CCOCC5)ccc4n2C2(c4nnn[nH]4)[C@@H]4CNC[C@@H]42)CC3)cc(C)c1F. The number of carbonyl (C=O) groups excluding carboxylic acids is 1. The van der Waals surface area contributed by atoms with Gasteiger partial charge in [0.15, 0.2) is 11.6 Å². The van der Waals surface area contributed by atoms with Crippen LogP contribution in [0.1, 0.15) is 76.0 Å². The Kier molecular flexibility index (Phi) is 8.56. The molecular weight excluding hydrogens is 821 g/mol. The number of ether oxygens (including phenoxy) is 1. The van der Waals surface area contributed by atoms with Crippen LogP contribution >= 0.6 is 0 Å². The fourth-order valence-electron chi connectivity index (χ4n) is 11.3. The Morgan fingerprint density at radius 2 is 1.69 bits per heavy atom. The molecule has 2 N–H and O–H groups in total. The Morgan fingerprint density at radius 1 is 0.938 bits per heavy atom. The van der Waals surface area contributed by atoms with Crippen LogP contribution in [0.15, 0.2) is 71.9 Å². The second kappa shape index (κ2) is 14.1. The van der Waals surface area contributed by atoms with E-state index < -0.39 is 23.1 Å². The zero-order chi connectivity index (χ0) is 43.8. The van der Waals surface area contributed by atoms with Gasteiger partial charge in [-0.25, -0.2) is 23.4 Å². The number of nitrogens with one attached hydrogen (secondary N) is 2. The molecule has 12 rings (SSSR count). The van der Waals surface area contributed by atoms with Gasteiger partial charge in [-0.2, -0.15) is 10.2 Å². The molecule has 0 spiro atoms. The van der Waals surface area contributed by atoms with E-state index in [9.17, 15) is 4.79 Å². The first-order valence-corrected chi connectivity index (χ1v) is 21.9. The smallest absolute Gasteiger partial charge is 0.338 e. The number of piperidine rings is 1. The van der Waals surface area contributed by atoms with Gasteiger partial charge in [0, 0.05) is 87.0 Å². The highest BCUT2D eigenvalue weighted by Gasteiger charge is 2.72. The van der Waals surface area contributed by atoms with E-state index in [4.69, 9.17) is 9.84 Å². The van der Waals surface area contributed by atoms with Gasteiger partial charge in [-0.3, -0.25) is 18.6 Å². The van der Waals surface area contributed by atoms with Crippen LogP contribution in [0.25, 0.3) is 39.0 Å². The predicted octanol–water partition coefficient (Wildman–Crippen LogP) is 5.31. The minimum absolute atomic E-state index is 0.0613. The number of benzene rings is 3. The van der Waals surface area contributed by atoms with Gasteiger partial charge in [-0.1, -0.05) is 6.07 Å². The van der Waals surface area contributed by atoms with Gasteiger partial charge in [0.05, 0.1) is 40.2 Å². The molecule has 326 valence electrons. The molecule has 64 heavy (non-hydrogen) atoms. The van der Waals surface area contributed by atoms with Gasteiger partial charge >= 0.3 is 5.69 Å². The molecule has 2 saturated heterocycles. The topological polar surface area (TPSA) is 164 Å². The lowest BCUT2D eigenvalue weighted by molar-refractivity contribution is 0.0663. The van der Waals surface area contributed by atoms with Crippen molar-refractivity contribution in [3.63, 3.8) is 0 Å². The van der Waals surface area contributed by atoms with Gasteiger partial charge in [0.25, 0.3) is 5.91 Å². The summed E-state index contributed by atoms with van der Waals surface area (Å²) in [5, 5.41) is 29.6. The molecule has 3 aliphatic heterocycles. The molecule has 1 aliphatic carbocycles. The molecule has 1 amide bonds. The highest BCUT2D eigenvalue weighted by molar-refractivity contribution is 6.00. The number of hydrogen-bond donors (Lipinski definition) is 2. The highest BCUT2D eigenvalue weighted by atomic mass is 19.1. The first-order valence-electron chi connectivity index (χ1n) is 21.9. The number of aryl methyl sites for hydroxylation is 3. The number of imidazole rings is 1. The van der Waals surface area contributed by atoms with Crippen molar-refractivity contribution in [2.24, 2.45) is 18.9 Å². The maximum absolute atomic E-state index is 16.1. The number of fused-ring (bicyclic) bond motifs is 4. The van der Waals surface area contributed by atoms with E-state index in [2.05, 4.69) is 53.8 Å². The monoisotopic (exact) mass is 865 g/mol. The van der Waals surface area contributed by atoms with Crippen LogP contribution in [0.4, 0.5) is 8.78 Å². The number of nitrogens with zero attached hydrogens (tertiary/aromatic N) is 11. The minimum atomic E-state index is -0.676. The lowest BCUT2D eigenvalue weighted by Gasteiger charge is -2.34. The van der Waals surface area contributed by atoms with Crippen molar-refractivity contribution >= 4 is 27.7 Å². The number of aromatic amines is 1. The Balaban J connectivity index is 1.01. The highest BCUT2D eigenvalue weighted by Crippen LogP contribution is 2.63. The van der Waals surface area contributed by atoms with Crippen LogP contribution in [0.2, 0.25) is 0 Å². The molecule has 18 heteroatoms. The summed E-state index contributed by atoms with van der Waals surface area (Å²) >= 11 is 0. The molecule has 8 heterocycles. The minimum Gasteiger partial charge on any atom is -0.381 e. The third kappa shape index (κ3) is 5.41. The molecule has 4 atom stereocenters. The fourth-order valence-corrected chi connectivity index (χ4v) is 11.3. The molecule has 0 bridgehead atoms. The average Bonchev–Trinajstić information content (AvgIpc) is 4.11.